The van der Waals surface area contributed by atoms with Gasteiger partial charge in [-0.05, 0) is 55.2 Å². The summed E-state index contributed by atoms with van der Waals surface area (Å²) in [4.78, 5) is 27.1. The summed E-state index contributed by atoms with van der Waals surface area (Å²) in [5.41, 5.74) is -0.115. The molecule has 1 aliphatic rings. The van der Waals surface area contributed by atoms with Gasteiger partial charge in [0.25, 0.3) is 5.91 Å². The molecule has 0 bridgehead atoms. The fourth-order valence-electron chi connectivity index (χ4n) is 3.28. The Labute approximate surface area is 171 Å². The second-order valence-electron chi connectivity index (χ2n) is 6.99. The number of halogens is 4. The van der Waals surface area contributed by atoms with Gasteiger partial charge in [0, 0.05) is 23.7 Å². The molecule has 0 radical (unpaired) electrons. The van der Waals surface area contributed by atoms with Gasteiger partial charge in [0.15, 0.2) is 0 Å². The number of alkyl halides is 3. The molecule has 1 atom stereocenters. The Kier molecular flexibility index (Phi) is 6.47. The summed E-state index contributed by atoms with van der Waals surface area (Å²) in [6.07, 6.45) is -2.57. The van der Waals surface area contributed by atoms with Crippen LogP contribution in [-0.4, -0.2) is 29.3 Å². The Bertz CT molecular complexity index is 884. The molecule has 4 nitrogen and oxygen atoms in total. The first kappa shape index (κ1) is 21.2. The lowest BCUT2D eigenvalue weighted by Gasteiger charge is -2.25. The average Bonchev–Trinajstić information content (AvgIpc) is 2.85. The highest BCUT2D eigenvalue weighted by molar-refractivity contribution is 6.30. The van der Waals surface area contributed by atoms with E-state index in [2.05, 4.69) is 5.32 Å². The molecule has 8 heteroatoms. The van der Waals surface area contributed by atoms with Crippen LogP contribution in [0.5, 0.6) is 0 Å². The Balaban J connectivity index is 1.71. The molecule has 1 fully saturated rings. The molecule has 2 aromatic rings. The standard InChI is InChI=1S/C21H20ClF3N2O2/c22-17-9-7-14(8-10-17)13-27-11-2-1-6-18(20(27)29)26-19(28)15-4-3-5-16(12-15)21(23,24)25/h3-5,7-10,12,18H,1-2,6,11,13H2,(H,26,28). The molecule has 1 unspecified atom stereocenters. The van der Waals surface area contributed by atoms with Gasteiger partial charge >= 0.3 is 6.18 Å². The van der Waals surface area contributed by atoms with E-state index in [-0.39, 0.29) is 11.5 Å². The van der Waals surface area contributed by atoms with Gasteiger partial charge in [-0.25, -0.2) is 0 Å². The first-order valence-corrected chi connectivity index (χ1v) is 9.63. The van der Waals surface area contributed by atoms with Crippen LogP contribution < -0.4 is 5.32 Å². The maximum absolute atomic E-state index is 12.9. The van der Waals surface area contributed by atoms with Crippen LogP contribution in [0.3, 0.4) is 0 Å². The largest absolute Gasteiger partial charge is 0.416 e. The fourth-order valence-corrected chi connectivity index (χ4v) is 3.41. The third-order valence-corrected chi connectivity index (χ3v) is 5.08. The summed E-state index contributed by atoms with van der Waals surface area (Å²) in [6, 6.07) is 10.6. The van der Waals surface area contributed by atoms with Crippen molar-refractivity contribution in [2.45, 2.75) is 38.0 Å². The molecule has 1 heterocycles. The first-order chi connectivity index (χ1) is 13.7. The number of rotatable bonds is 4. The van der Waals surface area contributed by atoms with E-state index in [1.54, 1.807) is 17.0 Å². The molecule has 154 valence electrons. The van der Waals surface area contributed by atoms with Crippen LogP contribution in [0.25, 0.3) is 0 Å². The highest BCUT2D eigenvalue weighted by Crippen LogP contribution is 2.29. The molecule has 29 heavy (non-hydrogen) atoms. The van der Waals surface area contributed by atoms with Crippen molar-refractivity contribution in [3.63, 3.8) is 0 Å². The van der Waals surface area contributed by atoms with E-state index in [9.17, 15) is 22.8 Å². The monoisotopic (exact) mass is 424 g/mol. The average molecular weight is 425 g/mol. The maximum Gasteiger partial charge on any atom is 0.416 e. The topological polar surface area (TPSA) is 49.4 Å². The Morgan fingerprint density at radius 2 is 1.86 bits per heavy atom. The molecule has 1 aliphatic heterocycles. The molecule has 1 N–H and O–H groups in total. The van der Waals surface area contributed by atoms with Crippen LogP contribution in [0.1, 0.15) is 40.7 Å². The molecule has 0 aliphatic carbocycles. The van der Waals surface area contributed by atoms with E-state index < -0.39 is 23.7 Å². The quantitative estimate of drug-likeness (QED) is 0.775. The van der Waals surface area contributed by atoms with Crippen molar-refractivity contribution in [1.29, 1.82) is 0 Å². The molecular formula is C21H20ClF3N2O2. The van der Waals surface area contributed by atoms with Crippen molar-refractivity contribution in [3.8, 4) is 0 Å². The Hall–Kier alpha value is -2.54. The number of hydrogen-bond acceptors (Lipinski definition) is 2. The second kappa shape index (κ2) is 8.86. The zero-order valence-corrected chi connectivity index (χ0v) is 16.3. The minimum atomic E-state index is -4.54. The van der Waals surface area contributed by atoms with Crippen molar-refractivity contribution in [2.75, 3.05) is 6.54 Å². The van der Waals surface area contributed by atoms with E-state index in [0.29, 0.717) is 24.5 Å². The van der Waals surface area contributed by atoms with Crippen molar-refractivity contribution in [3.05, 3.63) is 70.2 Å². The summed E-state index contributed by atoms with van der Waals surface area (Å²) in [6.45, 7) is 0.934. The van der Waals surface area contributed by atoms with Gasteiger partial charge in [-0.1, -0.05) is 29.8 Å². The molecule has 3 rings (SSSR count). The third-order valence-electron chi connectivity index (χ3n) is 4.82. The van der Waals surface area contributed by atoms with Gasteiger partial charge < -0.3 is 10.2 Å². The van der Waals surface area contributed by atoms with E-state index in [0.717, 1.165) is 30.5 Å². The summed E-state index contributed by atoms with van der Waals surface area (Å²) in [5, 5.41) is 3.21. The summed E-state index contributed by atoms with van der Waals surface area (Å²) >= 11 is 5.89. The minimum absolute atomic E-state index is 0.124. The van der Waals surface area contributed by atoms with E-state index in [4.69, 9.17) is 11.6 Å². The van der Waals surface area contributed by atoms with Gasteiger partial charge in [0.05, 0.1) is 5.56 Å². The van der Waals surface area contributed by atoms with Crippen molar-refractivity contribution in [1.82, 2.24) is 10.2 Å². The predicted molar refractivity (Wildman–Crippen MR) is 103 cm³/mol. The van der Waals surface area contributed by atoms with Crippen LogP contribution in [0.4, 0.5) is 13.2 Å². The number of nitrogens with one attached hydrogen (secondary N) is 1. The molecular weight excluding hydrogens is 405 g/mol. The minimum Gasteiger partial charge on any atom is -0.340 e. The third kappa shape index (κ3) is 5.50. The SMILES string of the molecule is O=C(NC1CCCCN(Cc2ccc(Cl)cc2)C1=O)c1cccc(C(F)(F)F)c1. The van der Waals surface area contributed by atoms with Crippen LogP contribution in [0, 0.1) is 0 Å². The van der Waals surface area contributed by atoms with Crippen molar-refractivity contribution >= 4 is 23.4 Å². The number of hydrogen-bond donors (Lipinski definition) is 1. The second-order valence-corrected chi connectivity index (χ2v) is 7.42. The number of amides is 2. The lowest BCUT2D eigenvalue weighted by Crippen LogP contribution is -2.47. The zero-order chi connectivity index (χ0) is 21.0. The first-order valence-electron chi connectivity index (χ1n) is 9.25. The fraction of sp³-hybridized carbons (Fsp3) is 0.333. The number of likely N-dealkylation sites (tertiary alicyclic amines) is 1. The van der Waals surface area contributed by atoms with E-state index >= 15 is 0 Å². The maximum atomic E-state index is 12.9. The molecule has 2 aromatic carbocycles. The van der Waals surface area contributed by atoms with Gasteiger partial charge in [-0.3, -0.25) is 9.59 Å². The van der Waals surface area contributed by atoms with Crippen LogP contribution >= 0.6 is 11.6 Å². The van der Waals surface area contributed by atoms with Gasteiger partial charge in [0.1, 0.15) is 6.04 Å². The number of carbonyl (C=O) groups excluding carboxylic acids is 2. The van der Waals surface area contributed by atoms with Crippen molar-refractivity contribution in [2.24, 2.45) is 0 Å². The van der Waals surface area contributed by atoms with Gasteiger partial charge in [-0.2, -0.15) is 13.2 Å². The Morgan fingerprint density at radius 1 is 1.14 bits per heavy atom. The number of carbonyl (C=O) groups is 2. The lowest BCUT2D eigenvalue weighted by atomic mass is 10.1. The lowest BCUT2D eigenvalue weighted by molar-refractivity contribution is -0.137. The van der Waals surface area contributed by atoms with Gasteiger partial charge in [0.2, 0.25) is 5.91 Å². The van der Waals surface area contributed by atoms with Crippen molar-refractivity contribution < 1.29 is 22.8 Å². The molecule has 0 aromatic heterocycles. The summed E-state index contributed by atoms with van der Waals surface area (Å²) in [5.74, 6) is -0.930. The van der Waals surface area contributed by atoms with E-state index in [1.165, 1.54) is 12.1 Å². The van der Waals surface area contributed by atoms with Crippen LogP contribution in [0.2, 0.25) is 5.02 Å². The van der Waals surface area contributed by atoms with E-state index in [1.807, 2.05) is 12.1 Å². The number of benzene rings is 2. The zero-order valence-electron chi connectivity index (χ0n) is 15.5. The normalized spacial score (nSPS) is 17.7. The predicted octanol–water partition coefficient (Wildman–Crippen LogP) is 4.67. The number of nitrogens with zero attached hydrogens (tertiary/aromatic N) is 1. The highest BCUT2D eigenvalue weighted by atomic mass is 35.5. The van der Waals surface area contributed by atoms with Gasteiger partial charge in [-0.15, -0.1) is 0 Å². The molecule has 1 saturated heterocycles. The highest BCUT2D eigenvalue weighted by Gasteiger charge is 2.32. The molecule has 0 spiro atoms. The summed E-state index contributed by atoms with van der Waals surface area (Å²) < 4.78 is 38.7. The Morgan fingerprint density at radius 3 is 2.55 bits per heavy atom. The molecule has 0 saturated carbocycles. The van der Waals surface area contributed by atoms with Crippen LogP contribution in [-0.2, 0) is 17.5 Å². The molecule has 2 amide bonds. The smallest absolute Gasteiger partial charge is 0.340 e. The van der Waals surface area contributed by atoms with Crippen LogP contribution in [0.15, 0.2) is 48.5 Å². The summed E-state index contributed by atoms with van der Waals surface area (Å²) in [7, 11) is 0.